The lowest BCUT2D eigenvalue weighted by molar-refractivity contribution is 0.414. The predicted molar refractivity (Wildman–Crippen MR) is 66.1 cm³/mol. The van der Waals surface area contributed by atoms with E-state index in [1.807, 2.05) is 31.3 Å². The molecule has 0 saturated heterocycles. The highest BCUT2D eigenvalue weighted by molar-refractivity contribution is 5.55. The van der Waals surface area contributed by atoms with Gasteiger partial charge in [0.2, 0.25) is 5.89 Å². The Kier molecular flexibility index (Phi) is 3.77. The van der Waals surface area contributed by atoms with Crippen molar-refractivity contribution in [2.75, 3.05) is 20.7 Å². The Morgan fingerprint density at radius 3 is 3.06 bits per heavy atom. The fraction of sp³-hybridized carbons (Fsp3) is 0.308. The van der Waals surface area contributed by atoms with Crippen molar-refractivity contribution < 1.29 is 9.15 Å². The third-order valence-electron chi connectivity index (χ3n) is 2.49. The van der Waals surface area contributed by atoms with Crippen molar-refractivity contribution in [2.24, 2.45) is 0 Å². The molecule has 90 valence electrons. The number of rotatable bonds is 5. The first kappa shape index (κ1) is 11.7. The van der Waals surface area contributed by atoms with E-state index in [-0.39, 0.29) is 0 Å². The van der Waals surface area contributed by atoms with Crippen LogP contribution in [-0.4, -0.2) is 25.7 Å². The van der Waals surface area contributed by atoms with E-state index in [1.165, 1.54) is 0 Å². The van der Waals surface area contributed by atoms with Crippen LogP contribution >= 0.6 is 0 Å². The largest absolute Gasteiger partial charge is 0.497 e. The average Bonchev–Trinajstić information content (AvgIpc) is 2.85. The van der Waals surface area contributed by atoms with E-state index in [2.05, 4.69) is 10.3 Å². The molecule has 0 amide bonds. The maximum Gasteiger partial charge on any atom is 0.226 e. The number of likely N-dealkylation sites (N-methyl/N-ethyl adjacent to an activating group) is 1. The molecule has 0 aliphatic heterocycles. The lowest BCUT2D eigenvalue weighted by atomic mass is 10.2. The van der Waals surface area contributed by atoms with Crippen molar-refractivity contribution in [2.45, 2.75) is 6.42 Å². The lowest BCUT2D eigenvalue weighted by Crippen LogP contribution is -2.09. The second-order valence-corrected chi connectivity index (χ2v) is 3.72. The van der Waals surface area contributed by atoms with Gasteiger partial charge in [0.1, 0.15) is 11.5 Å². The summed E-state index contributed by atoms with van der Waals surface area (Å²) in [6.45, 7) is 0.882. The van der Waals surface area contributed by atoms with Gasteiger partial charge in [0.15, 0.2) is 0 Å². The molecule has 0 unspecified atom stereocenters. The molecule has 1 aromatic carbocycles. The molecule has 0 bridgehead atoms. The fourth-order valence-electron chi connectivity index (χ4n) is 1.56. The molecule has 0 aliphatic rings. The third kappa shape index (κ3) is 2.85. The molecule has 4 nitrogen and oxygen atoms in total. The molecule has 0 aliphatic carbocycles. The highest BCUT2D eigenvalue weighted by Crippen LogP contribution is 2.23. The van der Waals surface area contributed by atoms with Crippen molar-refractivity contribution in [1.29, 1.82) is 0 Å². The summed E-state index contributed by atoms with van der Waals surface area (Å²) >= 11 is 0. The number of hydrogen-bond acceptors (Lipinski definition) is 4. The number of nitrogens with zero attached hydrogens (tertiary/aromatic N) is 1. The number of aromatic nitrogens is 1. The van der Waals surface area contributed by atoms with Gasteiger partial charge in [-0.1, -0.05) is 6.07 Å². The first-order valence-corrected chi connectivity index (χ1v) is 5.57. The first-order valence-electron chi connectivity index (χ1n) is 5.57. The van der Waals surface area contributed by atoms with Crippen LogP contribution in [-0.2, 0) is 6.42 Å². The van der Waals surface area contributed by atoms with Crippen LogP contribution in [0.5, 0.6) is 5.75 Å². The number of ether oxygens (including phenoxy) is 1. The second kappa shape index (κ2) is 5.50. The monoisotopic (exact) mass is 232 g/mol. The van der Waals surface area contributed by atoms with E-state index in [0.29, 0.717) is 5.89 Å². The standard InChI is InChI=1S/C13H16N2O2/c1-14-7-6-12-9-15-13(17-12)10-4-3-5-11(8-10)16-2/h3-5,8-9,14H,6-7H2,1-2H3. The molecule has 4 heteroatoms. The Morgan fingerprint density at radius 1 is 1.41 bits per heavy atom. The fourth-order valence-corrected chi connectivity index (χ4v) is 1.56. The molecule has 1 heterocycles. The van der Waals surface area contributed by atoms with E-state index in [0.717, 1.165) is 30.0 Å². The minimum absolute atomic E-state index is 0.634. The van der Waals surface area contributed by atoms with Crippen LogP contribution < -0.4 is 10.1 Å². The predicted octanol–water partition coefficient (Wildman–Crippen LogP) is 2.11. The number of nitrogens with one attached hydrogen (secondary N) is 1. The van der Waals surface area contributed by atoms with Gasteiger partial charge in [-0.2, -0.15) is 0 Å². The van der Waals surface area contributed by atoms with Gasteiger partial charge >= 0.3 is 0 Å². The van der Waals surface area contributed by atoms with E-state index in [4.69, 9.17) is 9.15 Å². The zero-order valence-electron chi connectivity index (χ0n) is 10.1. The molecule has 0 spiro atoms. The Hall–Kier alpha value is -1.81. The lowest BCUT2D eigenvalue weighted by Gasteiger charge is -2.00. The van der Waals surface area contributed by atoms with Crippen LogP contribution in [0, 0.1) is 0 Å². The molecule has 0 radical (unpaired) electrons. The topological polar surface area (TPSA) is 47.3 Å². The molecule has 2 rings (SSSR count). The first-order chi connectivity index (χ1) is 8.33. The van der Waals surface area contributed by atoms with Gasteiger partial charge in [-0.15, -0.1) is 0 Å². The van der Waals surface area contributed by atoms with E-state index < -0.39 is 0 Å². The highest BCUT2D eigenvalue weighted by atomic mass is 16.5. The Balaban J connectivity index is 2.18. The molecule has 0 fully saturated rings. The molecule has 2 aromatic rings. The van der Waals surface area contributed by atoms with Crippen LogP contribution in [0.2, 0.25) is 0 Å². The van der Waals surface area contributed by atoms with E-state index >= 15 is 0 Å². The number of methoxy groups -OCH3 is 1. The van der Waals surface area contributed by atoms with Crippen LogP contribution in [0.4, 0.5) is 0 Å². The highest BCUT2D eigenvalue weighted by Gasteiger charge is 2.07. The van der Waals surface area contributed by atoms with Crippen LogP contribution in [0.15, 0.2) is 34.9 Å². The van der Waals surface area contributed by atoms with Crippen LogP contribution in [0.1, 0.15) is 5.76 Å². The molecule has 0 atom stereocenters. The SMILES string of the molecule is CNCCc1cnc(-c2cccc(OC)c2)o1. The Labute approximate surface area is 101 Å². The van der Waals surface area contributed by atoms with Crippen molar-refractivity contribution in [3.05, 3.63) is 36.2 Å². The molecule has 1 N–H and O–H groups in total. The van der Waals surface area contributed by atoms with Crippen LogP contribution in [0.3, 0.4) is 0 Å². The maximum atomic E-state index is 5.66. The van der Waals surface area contributed by atoms with Crippen molar-refractivity contribution in [3.8, 4) is 17.2 Å². The minimum atomic E-state index is 0.634. The van der Waals surface area contributed by atoms with Gasteiger partial charge < -0.3 is 14.5 Å². The Bertz CT molecular complexity index is 480. The maximum absolute atomic E-state index is 5.66. The summed E-state index contributed by atoms with van der Waals surface area (Å²) < 4.78 is 10.8. The summed E-state index contributed by atoms with van der Waals surface area (Å²) in [6.07, 6.45) is 2.61. The summed E-state index contributed by atoms with van der Waals surface area (Å²) in [5, 5.41) is 3.08. The Morgan fingerprint density at radius 2 is 2.29 bits per heavy atom. The summed E-state index contributed by atoms with van der Waals surface area (Å²) in [4.78, 5) is 4.26. The number of oxazole rings is 1. The molecular weight excluding hydrogens is 216 g/mol. The van der Waals surface area contributed by atoms with Gasteiger partial charge in [0.25, 0.3) is 0 Å². The zero-order chi connectivity index (χ0) is 12.1. The van der Waals surface area contributed by atoms with Crippen molar-refractivity contribution in [1.82, 2.24) is 10.3 Å². The second-order valence-electron chi connectivity index (χ2n) is 3.72. The number of benzene rings is 1. The molecule has 17 heavy (non-hydrogen) atoms. The summed E-state index contributed by atoms with van der Waals surface area (Å²) in [6, 6.07) is 7.68. The van der Waals surface area contributed by atoms with E-state index in [9.17, 15) is 0 Å². The number of hydrogen-bond donors (Lipinski definition) is 1. The quantitative estimate of drug-likeness (QED) is 0.857. The van der Waals surface area contributed by atoms with Crippen molar-refractivity contribution in [3.63, 3.8) is 0 Å². The molecule has 0 saturated carbocycles. The van der Waals surface area contributed by atoms with Gasteiger partial charge in [-0.05, 0) is 25.2 Å². The summed E-state index contributed by atoms with van der Waals surface area (Å²) in [7, 11) is 3.56. The minimum Gasteiger partial charge on any atom is -0.497 e. The average molecular weight is 232 g/mol. The van der Waals surface area contributed by atoms with Gasteiger partial charge in [0, 0.05) is 18.5 Å². The molecule has 1 aromatic heterocycles. The van der Waals surface area contributed by atoms with Crippen LogP contribution in [0.25, 0.3) is 11.5 Å². The van der Waals surface area contributed by atoms with E-state index in [1.54, 1.807) is 13.3 Å². The van der Waals surface area contributed by atoms with Gasteiger partial charge in [-0.3, -0.25) is 0 Å². The summed E-state index contributed by atoms with van der Waals surface area (Å²) in [5.41, 5.74) is 0.931. The normalized spacial score (nSPS) is 10.5. The zero-order valence-corrected chi connectivity index (χ0v) is 10.1. The van der Waals surface area contributed by atoms with Crippen molar-refractivity contribution >= 4 is 0 Å². The molecular formula is C13H16N2O2. The summed E-state index contributed by atoms with van der Waals surface area (Å²) in [5.74, 6) is 2.32. The van der Waals surface area contributed by atoms with Gasteiger partial charge in [-0.25, -0.2) is 4.98 Å². The smallest absolute Gasteiger partial charge is 0.226 e. The third-order valence-corrected chi connectivity index (χ3v) is 2.49. The van der Waals surface area contributed by atoms with Gasteiger partial charge in [0.05, 0.1) is 13.3 Å².